The number of carbonyl (C=O) groups is 2. The normalized spacial score (nSPS) is 13.2. The number of esters is 1. The first-order chi connectivity index (χ1) is 9.36. The lowest BCUT2D eigenvalue weighted by Crippen LogP contribution is -2.41. The first-order valence-corrected chi connectivity index (χ1v) is 7.43. The zero-order chi connectivity index (χ0) is 15.5. The molecule has 0 rings (SSSR count). The van der Waals surface area contributed by atoms with Crippen molar-refractivity contribution < 1.29 is 14.3 Å². The Kier molecular flexibility index (Phi) is 9.77. The van der Waals surface area contributed by atoms with E-state index in [1.165, 1.54) is 12.5 Å². The second-order valence-electron chi connectivity index (χ2n) is 5.55. The molecule has 0 aromatic heterocycles. The second kappa shape index (κ2) is 10.5. The largest absolute Gasteiger partial charge is 0.464 e. The Morgan fingerprint density at radius 2 is 1.80 bits per heavy atom. The van der Waals surface area contributed by atoms with Crippen molar-refractivity contribution in [3.05, 3.63) is 11.6 Å². The quantitative estimate of drug-likeness (QED) is 0.522. The average Bonchev–Trinajstić information content (AvgIpc) is 2.33. The maximum absolute atomic E-state index is 11.7. The number of ether oxygens (including phenoxy) is 1. The monoisotopic (exact) mass is 283 g/mol. The molecule has 0 aliphatic heterocycles. The van der Waals surface area contributed by atoms with Gasteiger partial charge in [-0.2, -0.15) is 0 Å². The highest BCUT2D eigenvalue weighted by Gasteiger charge is 2.21. The predicted molar refractivity (Wildman–Crippen MR) is 81.3 cm³/mol. The number of amides is 1. The van der Waals surface area contributed by atoms with Crippen LogP contribution in [0.25, 0.3) is 0 Å². The molecule has 0 radical (unpaired) electrons. The van der Waals surface area contributed by atoms with Crippen molar-refractivity contribution in [1.82, 2.24) is 5.32 Å². The molecule has 0 aliphatic carbocycles. The third-order valence-corrected chi connectivity index (χ3v) is 3.11. The van der Waals surface area contributed by atoms with Gasteiger partial charge in [0.15, 0.2) is 0 Å². The van der Waals surface area contributed by atoms with Gasteiger partial charge in [0.2, 0.25) is 5.91 Å². The molecule has 0 saturated heterocycles. The molecular formula is C16H29NO3. The van der Waals surface area contributed by atoms with Crippen LogP contribution >= 0.6 is 0 Å². The number of carbonyl (C=O) groups excluding carboxylic acids is 2. The van der Waals surface area contributed by atoms with Crippen molar-refractivity contribution in [2.75, 3.05) is 6.61 Å². The highest BCUT2D eigenvalue weighted by molar-refractivity contribution is 5.83. The first-order valence-electron chi connectivity index (χ1n) is 7.43. The van der Waals surface area contributed by atoms with E-state index in [0.717, 1.165) is 19.3 Å². The Hall–Kier alpha value is -1.32. The fourth-order valence-electron chi connectivity index (χ4n) is 1.99. The molecule has 116 valence electrons. The Bertz CT molecular complexity index is 333. The molecule has 20 heavy (non-hydrogen) atoms. The SMILES string of the molecule is CCOC(=O)[C@@H](CC[C@H](C)CCC=C(C)C)NC(C)=O. The maximum atomic E-state index is 11.7. The smallest absolute Gasteiger partial charge is 0.328 e. The summed E-state index contributed by atoms with van der Waals surface area (Å²) in [6.45, 7) is 9.89. The van der Waals surface area contributed by atoms with Crippen LogP contribution in [0.4, 0.5) is 0 Å². The van der Waals surface area contributed by atoms with Gasteiger partial charge >= 0.3 is 5.97 Å². The summed E-state index contributed by atoms with van der Waals surface area (Å²) in [7, 11) is 0. The van der Waals surface area contributed by atoms with Crippen LogP contribution in [0.15, 0.2) is 11.6 Å². The van der Waals surface area contributed by atoms with Gasteiger partial charge in [0, 0.05) is 6.92 Å². The zero-order valence-corrected chi connectivity index (χ0v) is 13.5. The summed E-state index contributed by atoms with van der Waals surface area (Å²) in [5.41, 5.74) is 1.33. The molecule has 4 nitrogen and oxygen atoms in total. The van der Waals surface area contributed by atoms with Gasteiger partial charge < -0.3 is 10.1 Å². The average molecular weight is 283 g/mol. The minimum atomic E-state index is -0.515. The van der Waals surface area contributed by atoms with E-state index in [9.17, 15) is 9.59 Å². The molecule has 1 amide bonds. The predicted octanol–water partition coefficient (Wildman–Crippen LogP) is 3.22. The molecule has 0 saturated carbocycles. The molecule has 0 spiro atoms. The molecule has 0 fully saturated rings. The van der Waals surface area contributed by atoms with Crippen molar-refractivity contribution in [2.45, 2.75) is 66.3 Å². The van der Waals surface area contributed by atoms with Crippen LogP contribution in [0.5, 0.6) is 0 Å². The molecule has 4 heteroatoms. The number of nitrogens with one attached hydrogen (secondary N) is 1. The molecule has 1 N–H and O–H groups in total. The molecule has 0 aromatic rings. The van der Waals surface area contributed by atoms with E-state index in [0.29, 0.717) is 18.9 Å². The van der Waals surface area contributed by atoms with E-state index >= 15 is 0 Å². The van der Waals surface area contributed by atoms with Crippen molar-refractivity contribution in [3.8, 4) is 0 Å². The van der Waals surface area contributed by atoms with Crippen LogP contribution in [-0.4, -0.2) is 24.5 Å². The van der Waals surface area contributed by atoms with Gasteiger partial charge in [-0.15, -0.1) is 0 Å². The second-order valence-corrected chi connectivity index (χ2v) is 5.55. The van der Waals surface area contributed by atoms with Gasteiger partial charge in [0.1, 0.15) is 6.04 Å². The Balaban J connectivity index is 4.20. The number of hydrogen-bond acceptors (Lipinski definition) is 3. The molecule has 0 aliphatic rings. The summed E-state index contributed by atoms with van der Waals surface area (Å²) in [6, 6.07) is -0.515. The third-order valence-electron chi connectivity index (χ3n) is 3.11. The summed E-state index contributed by atoms with van der Waals surface area (Å²) in [5, 5.41) is 2.67. The van der Waals surface area contributed by atoms with Gasteiger partial charge in [0.25, 0.3) is 0 Å². The van der Waals surface area contributed by atoms with E-state index in [1.807, 2.05) is 0 Å². The lowest BCUT2D eigenvalue weighted by molar-refractivity contribution is -0.147. The van der Waals surface area contributed by atoms with E-state index in [-0.39, 0.29) is 11.9 Å². The molecular weight excluding hydrogens is 254 g/mol. The van der Waals surface area contributed by atoms with Crippen LogP contribution < -0.4 is 5.32 Å². The number of hydrogen-bond donors (Lipinski definition) is 1. The lowest BCUT2D eigenvalue weighted by atomic mass is 9.96. The maximum Gasteiger partial charge on any atom is 0.328 e. The fraction of sp³-hybridized carbons (Fsp3) is 0.750. The first kappa shape index (κ1) is 18.7. The van der Waals surface area contributed by atoms with Crippen LogP contribution in [0.3, 0.4) is 0 Å². The number of allylic oxidation sites excluding steroid dienone is 2. The lowest BCUT2D eigenvalue weighted by Gasteiger charge is -2.18. The van der Waals surface area contributed by atoms with Crippen LogP contribution in [0.2, 0.25) is 0 Å². The van der Waals surface area contributed by atoms with Gasteiger partial charge in [-0.25, -0.2) is 4.79 Å². The summed E-state index contributed by atoms with van der Waals surface area (Å²) in [6.07, 6.45) is 5.93. The topological polar surface area (TPSA) is 55.4 Å². The van der Waals surface area contributed by atoms with Crippen LogP contribution in [0, 0.1) is 5.92 Å². The summed E-state index contributed by atoms with van der Waals surface area (Å²) >= 11 is 0. The Morgan fingerprint density at radius 3 is 2.30 bits per heavy atom. The van der Waals surface area contributed by atoms with E-state index in [1.54, 1.807) is 6.92 Å². The van der Waals surface area contributed by atoms with Crippen molar-refractivity contribution in [2.24, 2.45) is 5.92 Å². The Morgan fingerprint density at radius 1 is 1.15 bits per heavy atom. The van der Waals surface area contributed by atoms with Gasteiger partial charge in [-0.1, -0.05) is 18.6 Å². The summed E-state index contributed by atoms with van der Waals surface area (Å²) in [4.78, 5) is 22.9. The fourth-order valence-corrected chi connectivity index (χ4v) is 1.99. The summed E-state index contributed by atoms with van der Waals surface area (Å²) < 4.78 is 4.99. The molecule has 0 bridgehead atoms. The molecule has 0 unspecified atom stereocenters. The minimum absolute atomic E-state index is 0.194. The van der Waals surface area contributed by atoms with Crippen molar-refractivity contribution in [3.63, 3.8) is 0 Å². The number of rotatable bonds is 9. The standard InChI is InChI=1S/C16H29NO3/c1-6-20-16(19)15(17-14(5)18)11-10-13(4)9-7-8-12(2)3/h8,13,15H,6-7,9-11H2,1-5H3,(H,17,18)/t13-,15-/m1/s1. The molecule has 0 aromatic carbocycles. The third kappa shape index (κ3) is 9.59. The van der Waals surface area contributed by atoms with Crippen LogP contribution in [0.1, 0.15) is 60.3 Å². The highest BCUT2D eigenvalue weighted by atomic mass is 16.5. The Labute approximate surface area is 123 Å². The van der Waals surface area contributed by atoms with E-state index in [4.69, 9.17) is 4.74 Å². The molecule has 0 heterocycles. The van der Waals surface area contributed by atoms with Gasteiger partial charge in [0.05, 0.1) is 6.61 Å². The summed E-state index contributed by atoms with van der Waals surface area (Å²) in [5.74, 6) is -0.00395. The van der Waals surface area contributed by atoms with Gasteiger partial charge in [-0.3, -0.25) is 4.79 Å². The van der Waals surface area contributed by atoms with E-state index in [2.05, 4.69) is 32.2 Å². The van der Waals surface area contributed by atoms with Crippen molar-refractivity contribution in [1.29, 1.82) is 0 Å². The van der Waals surface area contributed by atoms with Crippen molar-refractivity contribution >= 4 is 11.9 Å². The molecule has 2 atom stereocenters. The van der Waals surface area contributed by atoms with E-state index < -0.39 is 6.04 Å². The zero-order valence-electron chi connectivity index (χ0n) is 13.5. The van der Waals surface area contributed by atoms with Gasteiger partial charge in [-0.05, 0) is 52.4 Å². The minimum Gasteiger partial charge on any atom is -0.464 e. The van der Waals surface area contributed by atoms with Crippen LogP contribution in [-0.2, 0) is 14.3 Å². The highest BCUT2D eigenvalue weighted by Crippen LogP contribution is 2.15.